The maximum absolute atomic E-state index is 4.32. The number of rotatable bonds is 0. The van der Waals surface area contributed by atoms with E-state index in [0.29, 0.717) is 0 Å². The molecule has 0 radical (unpaired) electrons. The van der Waals surface area contributed by atoms with E-state index in [0.717, 1.165) is 10.1 Å². The van der Waals surface area contributed by atoms with Crippen LogP contribution in [-0.2, 0) is 0 Å². The summed E-state index contributed by atoms with van der Waals surface area (Å²) < 4.78 is 0. The van der Waals surface area contributed by atoms with Crippen molar-refractivity contribution in [2.75, 3.05) is 0 Å². The van der Waals surface area contributed by atoms with Crippen LogP contribution in [0.15, 0.2) is 56.5 Å². The van der Waals surface area contributed by atoms with Crippen molar-refractivity contribution < 1.29 is 0 Å². The first-order chi connectivity index (χ1) is 6.93. The normalized spacial score (nSPS) is 13.1. The van der Waals surface area contributed by atoms with E-state index in [-0.39, 0.29) is 0 Å². The lowest BCUT2D eigenvalue weighted by molar-refractivity contribution is 0.967. The summed E-state index contributed by atoms with van der Waals surface area (Å²) >= 11 is 3.38. The van der Waals surface area contributed by atoms with Crippen molar-refractivity contribution in [2.45, 2.75) is 19.8 Å². The van der Waals surface area contributed by atoms with Crippen LogP contribution in [0.1, 0.15) is 0 Å². The van der Waals surface area contributed by atoms with Gasteiger partial charge in [0.05, 0.1) is 0 Å². The number of pyridine rings is 2. The molecule has 68 valence electrons. The Hall–Kier alpha value is -1.00. The Kier molecular flexibility index (Phi) is 1.96. The van der Waals surface area contributed by atoms with Crippen LogP contribution in [0.5, 0.6) is 0 Å². The number of nitrogens with zero attached hydrogens (tertiary/aromatic N) is 2. The molecule has 0 unspecified atom stereocenters. The van der Waals surface area contributed by atoms with E-state index >= 15 is 0 Å². The fourth-order valence-corrected chi connectivity index (χ4v) is 3.33. The third-order valence-electron chi connectivity index (χ3n) is 1.89. The lowest BCUT2D eigenvalue weighted by Gasteiger charge is -2.14. The van der Waals surface area contributed by atoms with Crippen LogP contribution in [0.25, 0.3) is 0 Å². The standard InChI is InChI=1S/C10H6N2S2/c1-3-7-9(11-5-1)14-10-8(13-7)4-2-6-12-10/h1-6H. The molecule has 0 N–H and O–H groups in total. The SMILES string of the molecule is c1cnc2c(c1)Sc1cccnc1S2. The van der Waals surface area contributed by atoms with E-state index in [4.69, 9.17) is 0 Å². The fraction of sp³-hybridized carbons (Fsp3) is 0. The van der Waals surface area contributed by atoms with Crippen LogP contribution in [-0.4, -0.2) is 9.97 Å². The second kappa shape index (κ2) is 3.29. The molecule has 0 amide bonds. The maximum Gasteiger partial charge on any atom is 0.116 e. The lowest BCUT2D eigenvalue weighted by atomic mass is 10.5. The van der Waals surface area contributed by atoms with Gasteiger partial charge in [-0.25, -0.2) is 9.97 Å². The van der Waals surface area contributed by atoms with Crippen molar-refractivity contribution in [3.05, 3.63) is 36.7 Å². The monoisotopic (exact) mass is 218 g/mol. The molecular weight excluding hydrogens is 212 g/mol. The van der Waals surface area contributed by atoms with Gasteiger partial charge in [-0.15, -0.1) is 0 Å². The minimum atomic E-state index is 1.06. The summed E-state index contributed by atoms with van der Waals surface area (Å²) in [6.07, 6.45) is 3.64. The third kappa shape index (κ3) is 1.31. The Labute approximate surface area is 90.2 Å². The Morgan fingerprint density at radius 3 is 1.93 bits per heavy atom. The smallest absolute Gasteiger partial charge is 0.116 e. The van der Waals surface area contributed by atoms with Gasteiger partial charge in [0.2, 0.25) is 0 Å². The molecular formula is C10H6N2S2. The highest BCUT2D eigenvalue weighted by Gasteiger charge is 2.17. The minimum absolute atomic E-state index is 1.06. The molecule has 0 atom stereocenters. The predicted molar refractivity (Wildman–Crippen MR) is 56.7 cm³/mol. The predicted octanol–water partition coefficient (Wildman–Crippen LogP) is 3.09. The number of aromatic nitrogens is 2. The molecule has 1 aliphatic heterocycles. The van der Waals surface area contributed by atoms with Gasteiger partial charge in [0.15, 0.2) is 0 Å². The molecule has 2 nitrogen and oxygen atoms in total. The summed E-state index contributed by atoms with van der Waals surface area (Å²) in [6, 6.07) is 8.12. The first-order valence-electron chi connectivity index (χ1n) is 4.19. The highest BCUT2D eigenvalue weighted by Crippen LogP contribution is 2.45. The number of fused-ring (bicyclic) bond motifs is 2. The van der Waals surface area contributed by atoms with E-state index < -0.39 is 0 Å². The van der Waals surface area contributed by atoms with Gasteiger partial charge in [0, 0.05) is 22.2 Å². The Balaban J connectivity index is 2.12. The molecule has 0 saturated heterocycles. The summed E-state index contributed by atoms with van der Waals surface area (Å²) in [5, 5.41) is 2.12. The minimum Gasteiger partial charge on any atom is -0.248 e. The first kappa shape index (κ1) is 8.32. The van der Waals surface area contributed by atoms with Crippen molar-refractivity contribution in [3.8, 4) is 0 Å². The van der Waals surface area contributed by atoms with Gasteiger partial charge < -0.3 is 0 Å². The fourth-order valence-electron chi connectivity index (χ4n) is 1.27. The van der Waals surface area contributed by atoms with Crippen LogP contribution in [0.4, 0.5) is 0 Å². The van der Waals surface area contributed by atoms with Crippen molar-refractivity contribution in [2.24, 2.45) is 0 Å². The van der Waals surface area contributed by atoms with Gasteiger partial charge in [-0.2, -0.15) is 0 Å². The van der Waals surface area contributed by atoms with Crippen molar-refractivity contribution in [3.63, 3.8) is 0 Å². The maximum atomic E-state index is 4.32. The number of hydrogen-bond acceptors (Lipinski definition) is 4. The summed E-state index contributed by atoms with van der Waals surface area (Å²) in [5.74, 6) is 0. The topological polar surface area (TPSA) is 25.8 Å². The largest absolute Gasteiger partial charge is 0.248 e. The molecule has 0 saturated carbocycles. The Bertz CT molecular complexity index is 398. The zero-order valence-corrected chi connectivity index (χ0v) is 8.81. The van der Waals surface area contributed by atoms with Gasteiger partial charge in [-0.3, -0.25) is 0 Å². The first-order valence-corrected chi connectivity index (χ1v) is 5.82. The van der Waals surface area contributed by atoms with Gasteiger partial charge in [0.25, 0.3) is 0 Å². The third-order valence-corrected chi connectivity index (χ3v) is 4.28. The highest BCUT2D eigenvalue weighted by atomic mass is 32.2. The zero-order chi connectivity index (χ0) is 9.38. The molecule has 2 aromatic heterocycles. The van der Waals surface area contributed by atoms with Gasteiger partial charge in [-0.1, -0.05) is 11.8 Å². The lowest BCUT2D eigenvalue weighted by Crippen LogP contribution is -1.93. The van der Waals surface area contributed by atoms with E-state index in [1.165, 1.54) is 9.79 Å². The van der Waals surface area contributed by atoms with Crippen molar-refractivity contribution in [1.29, 1.82) is 0 Å². The highest BCUT2D eigenvalue weighted by molar-refractivity contribution is 8.05. The Morgan fingerprint density at radius 2 is 1.36 bits per heavy atom. The van der Waals surface area contributed by atoms with E-state index in [1.807, 2.05) is 24.5 Å². The van der Waals surface area contributed by atoms with Crippen LogP contribution >= 0.6 is 23.5 Å². The summed E-state index contributed by atoms with van der Waals surface area (Å²) in [4.78, 5) is 11.1. The molecule has 14 heavy (non-hydrogen) atoms. The van der Waals surface area contributed by atoms with E-state index in [9.17, 15) is 0 Å². The van der Waals surface area contributed by atoms with Crippen molar-refractivity contribution in [1.82, 2.24) is 9.97 Å². The van der Waals surface area contributed by atoms with Crippen LogP contribution in [0, 0.1) is 0 Å². The summed E-state index contributed by atoms with van der Waals surface area (Å²) in [6.45, 7) is 0. The molecule has 2 aromatic rings. The average molecular weight is 218 g/mol. The molecule has 3 rings (SSSR count). The molecule has 0 fully saturated rings. The van der Waals surface area contributed by atoms with Gasteiger partial charge >= 0.3 is 0 Å². The van der Waals surface area contributed by atoms with E-state index in [2.05, 4.69) is 22.1 Å². The molecule has 0 aromatic carbocycles. The zero-order valence-electron chi connectivity index (χ0n) is 7.18. The van der Waals surface area contributed by atoms with Crippen LogP contribution < -0.4 is 0 Å². The van der Waals surface area contributed by atoms with Crippen molar-refractivity contribution >= 4 is 23.5 Å². The number of hydrogen-bond donors (Lipinski definition) is 0. The second-order valence-electron chi connectivity index (χ2n) is 2.82. The van der Waals surface area contributed by atoms with Crippen LogP contribution in [0.3, 0.4) is 0 Å². The molecule has 3 heterocycles. The summed E-state index contributed by atoms with van der Waals surface area (Å²) in [5.41, 5.74) is 0. The van der Waals surface area contributed by atoms with Gasteiger partial charge in [0.1, 0.15) is 10.1 Å². The quantitative estimate of drug-likeness (QED) is 0.579. The van der Waals surface area contributed by atoms with Crippen LogP contribution in [0.2, 0.25) is 0 Å². The Morgan fingerprint density at radius 1 is 0.786 bits per heavy atom. The van der Waals surface area contributed by atoms with Gasteiger partial charge in [-0.05, 0) is 36.0 Å². The average Bonchev–Trinajstić information content (AvgIpc) is 2.26. The molecule has 0 aliphatic carbocycles. The molecule has 4 heteroatoms. The summed E-state index contributed by atoms with van der Waals surface area (Å²) in [7, 11) is 0. The molecule has 1 aliphatic rings. The molecule has 0 spiro atoms. The van der Waals surface area contributed by atoms with E-state index in [1.54, 1.807) is 23.5 Å². The second-order valence-corrected chi connectivity index (χ2v) is 4.88. The molecule has 0 bridgehead atoms.